The van der Waals surface area contributed by atoms with Crippen LogP contribution in [-0.2, 0) is 5.41 Å². The van der Waals surface area contributed by atoms with Gasteiger partial charge in [0.2, 0.25) is 0 Å². The van der Waals surface area contributed by atoms with E-state index in [4.69, 9.17) is 4.42 Å². The van der Waals surface area contributed by atoms with Gasteiger partial charge in [0.25, 0.3) is 0 Å². The number of rotatable bonds is 3. The number of para-hydroxylation sites is 1. The van der Waals surface area contributed by atoms with E-state index >= 15 is 0 Å². The average molecular weight is 577 g/mol. The summed E-state index contributed by atoms with van der Waals surface area (Å²) in [6, 6.07) is 51.2. The van der Waals surface area contributed by atoms with Crippen LogP contribution in [0.25, 0.3) is 87.6 Å². The summed E-state index contributed by atoms with van der Waals surface area (Å²) in [6.07, 6.45) is 0. The molecule has 0 saturated carbocycles. The number of fused-ring (bicyclic) bond motifs is 3. The van der Waals surface area contributed by atoms with Crippen LogP contribution in [0.2, 0.25) is 0 Å². The maximum Gasteiger partial charge on any atom is 0.135 e. The highest BCUT2D eigenvalue weighted by Gasteiger charge is 2.20. The predicted octanol–water partition coefficient (Wildman–Crippen LogP) is 12.8. The molecule has 1 heteroatoms. The van der Waals surface area contributed by atoms with Gasteiger partial charge < -0.3 is 4.42 Å². The fourth-order valence-corrected chi connectivity index (χ4v) is 7.22. The molecule has 0 aliphatic carbocycles. The minimum absolute atomic E-state index is 0.0804. The summed E-state index contributed by atoms with van der Waals surface area (Å²) < 4.78 is 6.12. The molecule has 0 fully saturated rings. The van der Waals surface area contributed by atoms with Gasteiger partial charge in [-0.05, 0) is 107 Å². The second kappa shape index (κ2) is 9.55. The second-order valence-electron chi connectivity index (χ2n) is 13.4. The van der Waals surface area contributed by atoms with Crippen LogP contribution in [-0.4, -0.2) is 0 Å². The molecule has 0 aliphatic rings. The molecule has 1 heterocycles. The molecular formula is C44H32O. The topological polar surface area (TPSA) is 13.1 Å². The van der Waals surface area contributed by atoms with E-state index in [1.807, 2.05) is 12.1 Å². The monoisotopic (exact) mass is 576 g/mol. The van der Waals surface area contributed by atoms with Gasteiger partial charge in [-0.3, -0.25) is 0 Å². The lowest BCUT2D eigenvalue weighted by molar-refractivity contribution is 0.591. The van der Waals surface area contributed by atoms with Crippen LogP contribution < -0.4 is 0 Å². The molecule has 8 aromatic carbocycles. The van der Waals surface area contributed by atoms with Crippen molar-refractivity contribution in [1.82, 2.24) is 0 Å². The lowest BCUT2D eigenvalue weighted by atomic mass is 9.81. The van der Waals surface area contributed by atoms with E-state index in [-0.39, 0.29) is 5.41 Å². The van der Waals surface area contributed by atoms with Gasteiger partial charge >= 0.3 is 0 Å². The highest BCUT2D eigenvalue weighted by molar-refractivity contribution is 6.28. The van der Waals surface area contributed by atoms with Crippen LogP contribution >= 0.6 is 0 Å². The molecule has 9 rings (SSSR count). The van der Waals surface area contributed by atoms with Crippen LogP contribution in [0.5, 0.6) is 0 Å². The first kappa shape index (κ1) is 26.0. The maximum atomic E-state index is 6.12. The Bertz CT molecular complexity index is 2540. The van der Waals surface area contributed by atoms with E-state index in [0.717, 1.165) is 21.9 Å². The van der Waals surface area contributed by atoms with Gasteiger partial charge in [0.15, 0.2) is 0 Å². The Morgan fingerprint density at radius 3 is 1.78 bits per heavy atom. The van der Waals surface area contributed by atoms with Gasteiger partial charge in [-0.1, -0.05) is 130 Å². The Kier molecular flexibility index (Phi) is 5.53. The summed E-state index contributed by atoms with van der Waals surface area (Å²) in [4.78, 5) is 0. The summed E-state index contributed by atoms with van der Waals surface area (Å²) in [6.45, 7) is 6.89. The van der Waals surface area contributed by atoms with Crippen LogP contribution in [0, 0.1) is 0 Å². The summed E-state index contributed by atoms with van der Waals surface area (Å²) in [5.74, 6) is 0. The van der Waals surface area contributed by atoms with Crippen LogP contribution in [0.4, 0.5) is 0 Å². The minimum atomic E-state index is 0.0804. The third-order valence-electron chi connectivity index (χ3n) is 9.55. The van der Waals surface area contributed by atoms with Crippen molar-refractivity contribution in [3.63, 3.8) is 0 Å². The normalized spacial score (nSPS) is 12.3. The van der Waals surface area contributed by atoms with Crippen molar-refractivity contribution in [2.75, 3.05) is 0 Å². The molecular weight excluding hydrogens is 544 g/mol. The fraction of sp³-hybridized carbons (Fsp3) is 0.0909. The second-order valence-corrected chi connectivity index (χ2v) is 13.4. The summed E-state index contributed by atoms with van der Waals surface area (Å²) in [5.41, 5.74) is 10.7. The van der Waals surface area contributed by atoms with Crippen LogP contribution in [0.1, 0.15) is 26.3 Å². The first-order chi connectivity index (χ1) is 21.9. The van der Waals surface area contributed by atoms with Crippen molar-refractivity contribution < 1.29 is 4.42 Å². The molecule has 214 valence electrons. The Hall–Kier alpha value is -5.40. The Morgan fingerprint density at radius 2 is 1.02 bits per heavy atom. The van der Waals surface area contributed by atoms with Gasteiger partial charge in [-0.25, -0.2) is 0 Å². The largest absolute Gasteiger partial charge is 0.456 e. The summed E-state index contributed by atoms with van der Waals surface area (Å²) in [5, 5.41) is 10.2. The van der Waals surface area contributed by atoms with Gasteiger partial charge in [-0.2, -0.15) is 0 Å². The van der Waals surface area contributed by atoms with E-state index in [1.54, 1.807) is 0 Å². The van der Waals surface area contributed by atoms with Gasteiger partial charge in [-0.15, -0.1) is 0 Å². The highest BCUT2D eigenvalue weighted by Crippen LogP contribution is 2.45. The Morgan fingerprint density at radius 1 is 0.400 bits per heavy atom. The van der Waals surface area contributed by atoms with Crippen LogP contribution in [0.15, 0.2) is 144 Å². The first-order valence-corrected chi connectivity index (χ1v) is 15.8. The lowest BCUT2D eigenvalue weighted by Crippen LogP contribution is -2.10. The van der Waals surface area contributed by atoms with Crippen molar-refractivity contribution in [1.29, 1.82) is 0 Å². The molecule has 0 atom stereocenters. The van der Waals surface area contributed by atoms with Crippen molar-refractivity contribution in [3.05, 3.63) is 145 Å². The lowest BCUT2D eigenvalue weighted by Gasteiger charge is -2.23. The van der Waals surface area contributed by atoms with Crippen LogP contribution in [0.3, 0.4) is 0 Å². The first-order valence-electron chi connectivity index (χ1n) is 15.8. The molecule has 9 aromatic rings. The molecule has 0 radical (unpaired) electrons. The maximum absolute atomic E-state index is 6.12. The summed E-state index contributed by atoms with van der Waals surface area (Å²) >= 11 is 0. The molecule has 0 saturated heterocycles. The minimum Gasteiger partial charge on any atom is -0.456 e. The quantitative estimate of drug-likeness (QED) is 0.191. The zero-order valence-electron chi connectivity index (χ0n) is 25.7. The van der Waals surface area contributed by atoms with Crippen molar-refractivity contribution in [2.24, 2.45) is 0 Å². The predicted molar refractivity (Wildman–Crippen MR) is 192 cm³/mol. The van der Waals surface area contributed by atoms with E-state index in [2.05, 4.69) is 148 Å². The van der Waals surface area contributed by atoms with Gasteiger partial charge in [0.1, 0.15) is 11.2 Å². The van der Waals surface area contributed by atoms with Crippen molar-refractivity contribution >= 4 is 54.3 Å². The molecule has 0 N–H and O–H groups in total. The number of furan rings is 1. The third kappa shape index (κ3) is 4.08. The van der Waals surface area contributed by atoms with E-state index in [1.165, 1.54) is 71.3 Å². The SMILES string of the molecule is CC(C)(C)c1cc2ccc3c(-c4ccccc4)cc(-c4cccc(-c5ccc6oc7ccccc7c6c5)c4)c4ccc(c1)c2c34. The number of hydrogen-bond donors (Lipinski definition) is 0. The molecule has 0 amide bonds. The molecule has 1 nitrogen and oxygen atoms in total. The van der Waals surface area contributed by atoms with Crippen molar-refractivity contribution in [2.45, 2.75) is 26.2 Å². The molecule has 0 unspecified atom stereocenters. The standard InChI is InChI=1S/C44H32O/c1-44(2,3)33-23-31-16-19-35-37(27-10-5-4-6-11-27)26-38(36-20-17-32(24-33)42(31)43(35)36)30-13-9-12-28(22-30)29-18-21-41-39(25-29)34-14-7-8-15-40(34)45-41/h4-26H,1-3H3. The molecule has 0 bridgehead atoms. The Balaban J connectivity index is 1.30. The molecule has 1 aromatic heterocycles. The average Bonchev–Trinajstić information content (AvgIpc) is 3.45. The number of benzene rings is 8. The number of hydrogen-bond acceptors (Lipinski definition) is 1. The highest BCUT2D eigenvalue weighted by atomic mass is 16.3. The molecule has 0 spiro atoms. The third-order valence-corrected chi connectivity index (χ3v) is 9.55. The van der Waals surface area contributed by atoms with Gasteiger partial charge in [0.05, 0.1) is 0 Å². The molecule has 0 aliphatic heterocycles. The zero-order chi connectivity index (χ0) is 30.3. The zero-order valence-corrected chi connectivity index (χ0v) is 25.7. The van der Waals surface area contributed by atoms with Crippen molar-refractivity contribution in [3.8, 4) is 33.4 Å². The fourth-order valence-electron chi connectivity index (χ4n) is 7.22. The smallest absolute Gasteiger partial charge is 0.135 e. The van der Waals surface area contributed by atoms with E-state index in [9.17, 15) is 0 Å². The van der Waals surface area contributed by atoms with Gasteiger partial charge in [0, 0.05) is 10.8 Å². The van der Waals surface area contributed by atoms with E-state index in [0.29, 0.717) is 0 Å². The molecule has 45 heavy (non-hydrogen) atoms. The Labute approximate surface area is 262 Å². The summed E-state index contributed by atoms with van der Waals surface area (Å²) in [7, 11) is 0. The van der Waals surface area contributed by atoms with E-state index < -0.39 is 0 Å².